The van der Waals surface area contributed by atoms with E-state index in [0.29, 0.717) is 43.9 Å². The van der Waals surface area contributed by atoms with E-state index in [4.69, 9.17) is 19.9 Å². The molecule has 1 unspecified atom stereocenters. The van der Waals surface area contributed by atoms with E-state index in [2.05, 4.69) is 17.9 Å². The van der Waals surface area contributed by atoms with E-state index >= 15 is 0 Å². The lowest BCUT2D eigenvalue weighted by Crippen LogP contribution is -2.29. The van der Waals surface area contributed by atoms with Gasteiger partial charge in [-0.1, -0.05) is 6.07 Å². The Balaban J connectivity index is 2.33. The molecule has 0 aliphatic rings. The minimum atomic E-state index is -0.440. The highest BCUT2D eigenvalue weighted by Crippen LogP contribution is 2.14. The number of nitrogens with one attached hydrogen (secondary N) is 1. The van der Waals surface area contributed by atoms with E-state index in [-0.39, 0.29) is 19.1 Å². The van der Waals surface area contributed by atoms with Crippen LogP contribution in [0.4, 0.5) is 0 Å². The van der Waals surface area contributed by atoms with E-state index in [1.165, 1.54) is 0 Å². The van der Waals surface area contributed by atoms with Gasteiger partial charge >= 0.3 is 0 Å². The van der Waals surface area contributed by atoms with Crippen LogP contribution in [0.15, 0.2) is 24.3 Å². The van der Waals surface area contributed by atoms with Gasteiger partial charge in [-0.25, -0.2) is 0 Å². The van der Waals surface area contributed by atoms with Crippen molar-refractivity contribution in [3.05, 3.63) is 29.8 Å². The highest BCUT2D eigenvalue weighted by atomic mass is 32.1. The van der Waals surface area contributed by atoms with Crippen LogP contribution in [0.3, 0.4) is 0 Å². The summed E-state index contributed by atoms with van der Waals surface area (Å²) in [5, 5.41) is 2.69. The summed E-state index contributed by atoms with van der Waals surface area (Å²) in [5.41, 5.74) is 5.40. The number of amides is 1. The molecule has 1 aromatic carbocycles. The zero-order valence-electron chi connectivity index (χ0n) is 12.8. The zero-order valence-corrected chi connectivity index (χ0v) is 13.7. The first-order chi connectivity index (χ1) is 11.2. The predicted octanol–water partition coefficient (Wildman–Crippen LogP) is 0.242. The third-order valence-electron chi connectivity index (χ3n) is 2.64. The Labute approximate surface area is 140 Å². The maximum atomic E-state index is 11.8. The first kappa shape index (κ1) is 19.4. The quantitative estimate of drug-likeness (QED) is 0.218. The topological polar surface area (TPSA) is 99.9 Å². The molecule has 1 aromatic rings. The summed E-state index contributed by atoms with van der Waals surface area (Å²) >= 11 is 4.23. The minimum Gasteiger partial charge on any atom is -0.490 e. The van der Waals surface area contributed by atoms with Crippen LogP contribution in [0.25, 0.3) is 0 Å². The first-order valence-corrected chi connectivity index (χ1v) is 7.71. The van der Waals surface area contributed by atoms with Crippen molar-refractivity contribution in [2.45, 2.75) is 5.44 Å². The fourth-order valence-corrected chi connectivity index (χ4v) is 1.78. The number of ether oxygens (including phenoxy) is 3. The van der Waals surface area contributed by atoms with Crippen molar-refractivity contribution >= 4 is 24.8 Å². The lowest BCUT2D eigenvalue weighted by atomic mass is 10.2. The van der Waals surface area contributed by atoms with Gasteiger partial charge in [0.05, 0.1) is 13.2 Å². The average molecular weight is 342 g/mol. The smallest absolute Gasteiger partial charge is 0.251 e. The summed E-state index contributed by atoms with van der Waals surface area (Å²) < 4.78 is 15.8. The van der Waals surface area contributed by atoms with Crippen molar-refractivity contribution in [1.29, 1.82) is 0 Å². The molecule has 1 atom stereocenters. The number of nitrogens with two attached hydrogens (primary N) is 1. The van der Waals surface area contributed by atoms with Gasteiger partial charge in [0.1, 0.15) is 30.7 Å². The second-order valence-corrected chi connectivity index (χ2v) is 5.03. The van der Waals surface area contributed by atoms with Crippen LogP contribution in [-0.4, -0.2) is 57.1 Å². The first-order valence-electron chi connectivity index (χ1n) is 7.19. The van der Waals surface area contributed by atoms with Crippen molar-refractivity contribution < 1.29 is 23.8 Å². The molecule has 0 radical (unpaired) electrons. The van der Waals surface area contributed by atoms with Gasteiger partial charge in [-0.05, 0) is 18.2 Å². The van der Waals surface area contributed by atoms with Crippen LogP contribution in [0.2, 0.25) is 0 Å². The molecule has 0 aromatic heterocycles. The summed E-state index contributed by atoms with van der Waals surface area (Å²) in [5.74, 6) is 0.345. The van der Waals surface area contributed by atoms with E-state index in [9.17, 15) is 9.59 Å². The highest BCUT2D eigenvalue weighted by Gasteiger charge is 2.08. The Kier molecular flexibility index (Phi) is 10.0. The van der Waals surface area contributed by atoms with Crippen molar-refractivity contribution in [1.82, 2.24) is 5.32 Å². The standard InChI is InChI=1S/C15H22N2O5S/c16-4-5-17-15(19)12-2-1-3-13(10-12)22-11-14(23)21-9-8-20-7-6-18/h1-3,6,10,14,23H,4-5,7-9,11,16H2,(H,17,19). The van der Waals surface area contributed by atoms with Gasteiger partial charge in [0.25, 0.3) is 5.91 Å². The van der Waals surface area contributed by atoms with Crippen LogP contribution in [0.5, 0.6) is 5.75 Å². The molecule has 1 rings (SSSR count). The number of thiol groups is 1. The molecular formula is C15H22N2O5S. The molecule has 0 saturated carbocycles. The van der Waals surface area contributed by atoms with Gasteiger partial charge < -0.3 is 30.1 Å². The molecule has 128 valence electrons. The maximum Gasteiger partial charge on any atom is 0.251 e. The van der Waals surface area contributed by atoms with Crippen molar-refractivity contribution in [3.8, 4) is 5.75 Å². The summed E-state index contributed by atoms with van der Waals surface area (Å²) in [6.45, 7) is 1.69. The molecule has 23 heavy (non-hydrogen) atoms. The minimum absolute atomic E-state index is 0.0517. The normalized spacial score (nSPS) is 11.7. The van der Waals surface area contributed by atoms with Crippen LogP contribution in [0, 0.1) is 0 Å². The monoisotopic (exact) mass is 342 g/mol. The Morgan fingerprint density at radius 3 is 2.96 bits per heavy atom. The number of aldehydes is 1. The van der Waals surface area contributed by atoms with Crippen LogP contribution in [0.1, 0.15) is 10.4 Å². The van der Waals surface area contributed by atoms with Crippen LogP contribution >= 0.6 is 12.6 Å². The Bertz CT molecular complexity index is 487. The Morgan fingerprint density at radius 2 is 2.22 bits per heavy atom. The van der Waals surface area contributed by atoms with Gasteiger partial charge in [-0.15, -0.1) is 12.6 Å². The number of hydrogen-bond acceptors (Lipinski definition) is 7. The lowest BCUT2D eigenvalue weighted by molar-refractivity contribution is -0.112. The van der Waals surface area contributed by atoms with Crippen molar-refractivity contribution in [2.24, 2.45) is 5.73 Å². The molecule has 0 saturated heterocycles. The van der Waals surface area contributed by atoms with Crippen LogP contribution in [-0.2, 0) is 14.3 Å². The molecule has 0 spiro atoms. The third kappa shape index (κ3) is 8.56. The second-order valence-electron chi connectivity index (χ2n) is 4.45. The Hall–Kier alpha value is -1.61. The predicted molar refractivity (Wildman–Crippen MR) is 88.9 cm³/mol. The van der Waals surface area contributed by atoms with E-state index in [1.807, 2.05) is 0 Å². The molecule has 0 bridgehead atoms. The SMILES string of the molecule is NCCNC(=O)c1cccc(OCC(S)OCCOCC=O)c1. The zero-order chi connectivity index (χ0) is 16.9. The maximum absolute atomic E-state index is 11.8. The van der Waals surface area contributed by atoms with E-state index in [0.717, 1.165) is 0 Å². The van der Waals surface area contributed by atoms with E-state index < -0.39 is 5.44 Å². The second kappa shape index (κ2) is 11.9. The number of benzene rings is 1. The summed E-state index contributed by atoms with van der Waals surface area (Å²) in [6.07, 6.45) is 0.679. The lowest BCUT2D eigenvalue weighted by Gasteiger charge is -2.14. The summed E-state index contributed by atoms with van der Waals surface area (Å²) in [6, 6.07) is 6.80. The van der Waals surface area contributed by atoms with Crippen LogP contribution < -0.4 is 15.8 Å². The average Bonchev–Trinajstić information content (AvgIpc) is 2.58. The van der Waals surface area contributed by atoms with Gasteiger partial charge in [0.15, 0.2) is 0 Å². The molecule has 0 heterocycles. The molecule has 0 aliphatic heterocycles. The Morgan fingerprint density at radius 1 is 1.39 bits per heavy atom. The fourth-order valence-electron chi connectivity index (χ4n) is 1.61. The fraction of sp³-hybridized carbons (Fsp3) is 0.467. The highest BCUT2D eigenvalue weighted by molar-refractivity contribution is 7.80. The summed E-state index contributed by atoms with van der Waals surface area (Å²) in [7, 11) is 0. The number of carbonyl (C=O) groups excluding carboxylic acids is 2. The van der Waals surface area contributed by atoms with Gasteiger partial charge in [-0.3, -0.25) is 4.79 Å². The number of carbonyl (C=O) groups is 2. The molecule has 3 N–H and O–H groups in total. The third-order valence-corrected chi connectivity index (χ3v) is 2.94. The van der Waals surface area contributed by atoms with Gasteiger partial charge in [0.2, 0.25) is 0 Å². The molecule has 0 fully saturated rings. The van der Waals surface area contributed by atoms with Gasteiger partial charge in [-0.2, -0.15) is 0 Å². The van der Waals surface area contributed by atoms with Crippen molar-refractivity contribution in [2.75, 3.05) is 39.5 Å². The molecule has 7 nitrogen and oxygen atoms in total. The van der Waals surface area contributed by atoms with E-state index in [1.54, 1.807) is 24.3 Å². The molecule has 1 amide bonds. The largest absolute Gasteiger partial charge is 0.490 e. The molecule has 0 aliphatic carbocycles. The number of hydrogen-bond donors (Lipinski definition) is 3. The summed E-state index contributed by atoms with van der Waals surface area (Å²) in [4.78, 5) is 21.9. The number of rotatable bonds is 12. The molecular weight excluding hydrogens is 320 g/mol. The molecule has 8 heteroatoms. The van der Waals surface area contributed by atoms with Gasteiger partial charge in [0, 0.05) is 18.7 Å². The van der Waals surface area contributed by atoms with Crippen molar-refractivity contribution in [3.63, 3.8) is 0 Å².